The maximum atomic E-state index is 12.8. The van der Waals surface area contributed by atoms with Crippen molar-refractivity contribution in [2.45, 2.75) is 43.8 Å². The zero-order chi connectivity index (χ0) is 16.2. The summed E-state index contributed by atoms with van der Waals surface area (Å²) in [5.74, 6) is 1.78. The maximum absolute atomic E-state index is 12.8. The maximum Gasteiger partial charge on any atom is 0.254 e. The molecule has 1 fully saturated rings. The van der Waals surface area contributed by atoms with E-state index in [-0.39, 0.29) is 5.91 Å². The van der Waals surface area contributed by atoms with Gasteiger partial charge in [-0.2, -0.15) is 0 Å². The molecular weight excluding hydrogens is 308 g/mol. The van der Waals surface area contributed by atoms with Crippen molar-refractivity contribution < 1.29 is 9.32 Å². The second kappa shape index (κ2) is 7.21. The van der Waals surface area contributed by atoms with Crippen LogP contribution in [0.2, 0.25) is 0 Å². The number of rotatable bonds is 4. The molecule has 23 heavy (non-hydrogen) atoms. The van der Waals surface area contributed by atoms with Crippen LogP contribution >= 0.6 is 11.8 Å². The van der Waals surface area contributed by atoms with Gasteiger partial charge >= 0.3 is 0 Å². The van der Waals surface area contributed by atoms with Crippen molar-refractivity contribution in [1.82, 2.24) is 10.1 Å². The van der Waals surface area contributed by atoms with Gasteiger partial charge in [0.05, 0.1) is 11.3 Å². The molecule has 0 saturated carbocycles. The van der Waals surface area contributed by atoms with Crippen LogP contribution in [0.15, 0.2) is 33.7 Å². The van der Waals surface area contributed by atoms with E-state index in [1.54, 1.807) is 11.8 Å². The van der Waals surface area contributed by atoms with Crippen LogP contribution in [0, 0.1) is 13.8 Å². The minimum absolute atomic E-state index is 0.159. The third kappa shape index (κ3) is 3.61. The Morgan fingerprint density at radius 2 is 1.96 bits per heavy atom. The minimum Gasteiger partial charge on any atom is -0.361 e. The molecular formula is C18H22N2O2S. The topological polar surface area (TPSA) is 46.3 Å². The Morgan fingerprint density at radius 3 is 2.65 bits per heavy atom. The lowest BCUT2D eigenvalue weighted by atomic mass is 10.1. The Kier molecular flexibility index (Phi) is 5.06. The molecule has 1 saturated heterocycles. The molecule has 2 aromatic rings. The molecule has 3 rings (SSSR count). The largest absolute Gasteiger partial charge is 0.361 e. The van der Waals surface area contributed by atoms with Gasteiger partial charge in [-0.25, -0.2) is 0 Å². The summed E-state index contributed by atoms with van der Waals surface area (Å²) in [4.78, 5) is 15.8. The molecule has 122 valence electrons. The monoisotopic (exact) mass is 330 g/mol. The van der Waals surface area contributed by atoms with Gasteiger partial charge in [-0.1, -0.05) is 17.3 Å². The predicted octanol–water partition coefficient (Wildman–Crippen LogP) is 4.21. The number of nitrogens with zero attached hydrogens (tertiary/aromatic N) is 2. The van der Waals surface area contributed by atoms with Crippen LogP contribution in [-0.4, -0.2) is 29.1 Å². The quantitative estimate of drug-likeness (QED) is 0.788. The lowest BCUT2D eigenvalue weighted by molar-refractivity contribution is 0.0721. The van der Waals surface area contributed by atoms with Crippen molar-refractivity contribution >= 4 is 17.7 Å². The van der Waals surface area contributed by atoms with E-state index in [0.717, 1.165) is 59.2 Å². The molecule has 0 aliphatic carbocycles. The summed E-state index contributed by atoms with van der Waals surface area (Å²) in [5.41, 5.74) is 2.86. The molecule has 1 aliphatic heterocycles. The average molecular weight is 330 g/mol. The second-order valence-electron chi connectivity index (χ2n) is 5.94. The second-order valence-corrected chi connectivity index (χ2v) is 6.96. The fourth-order valence-corrected chi connectivity index (χ4v) is 4.09. The first-order valence-electron chi connectivity index (χ1n) is 8.09. The predicted molar refractivity (Wildman–Crippen MR) is 91.7 cm³/mol. The van der Waals surface area contributed by atoms with Gasteiger partial charge in [0.1, 0.15) is 5.76 Å². The zero-order valence-electron chi connectivity index (χ0n) is 13.7. The summed E-state index contributed by atoms with van der Waals surface area (Å²) >= 11 is 1.68. The van der Waals surface area contributed by atoms with E-state index in [0.29, 0.717) is 0 Å². The summed E-state index contributed by atoms with van der Waals surface area (Å²) in [6, 6.07) is 7.90. The van der Waals surface area contributed by atoms with Crippen molar-refractivity contribution in [3.05, 3.63) is 46.8 Å². The number of piperidine rings is 1. The van der Waals surface area contributed by atoms with Crippen molar-refractivity contribution in [1.29, 1.82) is 0 Å². The van der Waals surface area contributed by atoms with E-state index < -0.39 is 0 Å². The number of carbonyl (C=O) groups is 1. The van der Waals surface area contributed by atoms with Crippen LogP contribution in [0.4, 0.5) is 0 Å². The Morgan fingerprint density at radius 1 is 1.22 bits per heavy atom. The highest BCUT2D eigenvalue weighted by molar-refractivity contribution is 7.98. The Labute approximate surface area is 141 Å². The molecule has 1 aromatic heterocycles. The van der Waals surface area contributed by atoms with E-state index in [1.807, 2.05) is 43.0 Å². The van der Waals surface area contributed by atoms with Gasteiger partial charge in [0.25, 0.3) is 5.91 Å². The van der Waals surface area contributed by atoms with Crippen LogP contribution in [0.25, 0.3) is 0 Å². The number of aromatic nitrogens is 1. The SMILES string of the molecule is Cc1noc(C)c1CSc1ccccc1C(=O)N1CCCCC1. The molecule has 0 atom stereocenters. The molecule has 0 spiro atoms. The first kappa shape index (κ1) is 16.1. The molecule has 1 amide bonds. The number of benzene rings is 1. The van der Waals surface area contributed by atoms with E-state index in [1.165, 1.54) is 6.42 Å². The van der Waals surface area contributed by atoms with Gasteiger partial charge in [0, 0.05) is 29.3 Å². The molecule has 1 aliphatic rings. The van der Waals surface area contributed by atoms with Gasteiger partial charge in [0.15, 0.2) is 0 Å². The number of hydrogen-bond acceptors (Lipinski definition) is 4. The third-order valence-electron chi connectivity index (χ3n) is 4.31. The van der Waals surface area contributed by atoms with Gasteiger partial charge in [-0.3, -0.25) is 4.79 Å². The first-order valence-corrected chi connectivity index (χ1v) is 9.08. The molecule has 0 radical (unpaired) electrons. The summed E-state index contributed by atoms with van der Waals surface area (Å²) in [5, 5.41) is 4.00. The molecule has 4 nitrogen and oxygen atoms in total. The smallest absolute Gasteiger partial charge is 0.254 e. The number of hydrogen-bond donors (Lipinski definition) is 0. The van der Waals surface area contributed by atoms with Crippen LogP contribution in [0.3, 0.4) is 0 Å². The zero-order valence-corrected chi connectivity index (χ0v) is 14.5. The highest BCUT2D eigenvalue weighted by Gasteiger charge is 2.21. The number of likely N-dealkylation sites (tertiary alicyclic amines) is 1. The fourth-order valence-electron chi connectivity index (χ4n) is 2.89. The van der Waals surface area contributed by atoms with E-state index in [9.17, 15) is 4.79 Å². The van der Waals surface area contributed by atoms with Gasteiger partial charge in [-0.15, -0.1) is 11.8 Å². The average Bonchev–Trinajstić information content (AvgIpc) is 2.92. The number of amides is 1. The van der Waals surface area contributed by atoms with E-state index >= 15 is 0 Å². The Balaban J connectivity index is 1.76. The summed E-state index contributed by atoms with van der Waals surface area (Å²) in [6.45, 7) is 5.64. The molecule has 2 heterocycles. The highest BCUT2D eigenvalue weighted by atomic mass is 32.2. The number of aryl methyl sites for hydroxylation is 2. The fraction of sp³-hybridized carbons (Fsp3) is 0.444. The van der Waals surface area contributed by atoms with Gasteiger partial charge in [0.2, 0.25) is 0 Å². The van der Waals surface area contributed by atoms with Crippen molar-refractivity contribution in [2.24, 2.45) is 0 Å². The van der Waals surface area contributed by atoms with Crippen molar-refractivity contribution in [3.63, 3.8) is 0 Å². The van der Waals surface area contributed by atoms with Crippen molar-refractivity contribution in [2.75, 3.05) is 13.1 Å². The third-order valence-corrected chi connectivity index (χ3v) is 5.41. The molecule has 0 unspecified atom stereocenters. The first-order chi connectivity index (χ1) is 11.2. The molecule has 0 N–H and O–H groups in total. The lowest BCUT2D eigenvalue weighted by Gasteiger charge is -2.27. The number of thioether (sulfide) groups is 1. The Hall–Kier alpha value is -1.75. The van der Waals surface area contributed by atoms with Crippen LogP contribution in [0.5, 0.6) is 0 Å². The molecule has 0 bridgehead atoms. The van der Waals surface area contributed by atoms with Crippen LogP contribution in [0.1, 0.15) is 46.6 Å². The van der Waals surface area contributed by atoms with Crippen molar-refractivity contribution in [3.8, 4) is 0 Å². The van der Waals surface area contributed by atoms with E-state index in [2.05, 4.69) is 5.16 Å². The van der Waals surface area contributed by atoms with Crippen LogP contribution < -0.4 is 0 Å². The lowest BCUT2D eigenvalue weighted by Crippen LogP contribution is -2.35. The number of carbonyl (C=O) groups excluding carboxylic acids is 1. The summed E-state index contributed by atoms with van der Waals surface area (Å²) in [7, 11) is 0. The standard InChI is InChI=1S/C18H22N2O2S/c1-13-16(14(2)22-19-13)12-23-17-9-5-4-8-15(17)18(21)20-10-6-3-7-11-20/h4-5,8-9H,3,6-7,10-12H2,1-2H3. The van der Waals surface area contributed by atoms with Crippen LogP contribution in [-0.2, 0) is 5.75 Å². The normalized spacial score (nSPS) is 15.0. The highest BCUT2D eigenvalue weighted by Crippen LogP contribution is 2.29. The summed E-state index contributed by atoms with van der Waals surface area (Å²) < 4.78 is 5.22. The summed E-state index contributed by atoms with van der Waals surface area (Å²) in [6.07, 6.45) is 3.45. The molecule has 5 heteroatoms. The van der Waals surface area contributed by atoms with Gasteiger partial charge < -0.3 is 9.42 Å². The van der Waals surface area contributed by atoms with E-state index in [4.69, 9.17) is 4.52 Å². The Bertz CT molecular complexity index is 671. The molecule has 1 aromatic carbocycles. The minimum atomic E-state index is 0.159. The van der Waals surface area contributed by atoms with Gasteiger partial charge in [-0.05, 0) is 45.2 Å².